The zero-order valence-corrected chi connectivity index (χ0v) is 13.9. The lowest BCUT2D eigenvalue weighted by Crippen LogP contribution is -2.34. The van der Waals surface area contributed by atoms with Gasteiger partial charge in [-0.3, -0.25) is 19.7 Å². The zero-order valence-electron chi connectivity index (χ0n) is 13.9. The van der Waals surface area contributed by atoms with Gasteiger partial charge in [0.2, 0.25) is 0 Å². The van der Waals surface area contributed by atoms with Gasteiger partial charge in [0, 0.05) is 38.2 Å². The van der Waals surface area contributed by atoms with Gasteiger partial charge in [-0.2, -0.15) is 0 Å². The van der Waals surface area contributed by atoms with Gasteiger partial charge in [-0.1, -0.05) is 6.07 Å². The Bertz CT molecular complexity index is 709. The van der Waals surface area contributed by atoms with E-state index in [9.17, 15) is 9.18 Å². The number of aromatic nitrogens is 2. The number of pyridine rings is 2. The van der Waals surface area contributed by atoms with E-state index in [1.54, 1.807) is 18.1 Å². The number of amides is 1. The third-order valence-corrected chi connectivity index (χ3v) is 4.61. The lowest BCUT2D eigenvalue weighted by Gasteiger charge is -2.28. The number of rotatable bonds is 4. The Morgan fingerprint density at radius 2 is 2.21 bits per heavy atom. The van der Waals surface area contributed by atoms with Crippen LogP contribution >= 0.6 is 0 Å². The van der Waals surface area contributed by atoms with E-state index < -0.39 is 5.82 Å². The van der Waals surface area contributed by atoms with Crippen molar-refractivity contribution in [2.24, 2.45) is 5.92 Å². The van der Waals surface area contributed by atoms with Crippen molar-refractivity contribution in [3.8, 4) is 0 Å². The molecule has 1 saturated heterocycles. The molecule has 2 aromatic heterocycles. The van der Waals surface area contributed by atoms with Crippen LogP contribution in [0.2, 0.25) is 0 Å². The number of carbonyl (C=O) groups is 1. The van der Waals surface area contributed by atoms with Gasteiger partial charge in [0.15, 0.2) is 0 Å². The normalized spacial score (nSPS) is 21.0. The number of halogens is 1. The first kappa shape index (κ1) is 16.5. The fourth-order valence-electron chi connectivity index (χ4n) is 3.48. The highest BCUT2D eigenvalue weighted by atomic mass is 19.1. The molecule has 0 aromatic carbocycles. The second kappa shape index (κ2) is 7.05. The van der Waals surface area contributed by atoms with Crippen LogP contribution in [0.5, 0.6) is 0 Å². The molecular formula is C18H21FN4O. The van der Waals surface area contributed by atoms with Gasteiger partial charge in [0.1, 0.15) is 5.82 Å². The molecule has 1 aliphatic heterocycles. The van der Waals surface area contributed by atoms with Crippen molar-refractivity contribution in [2.75, 3.05) is 27.2 Å². The molecule has 6 heteroatoms. The summed E-state index contributed by atoms with van der Waals surface area (Å²) in [5.41, 5.74) is 1.44. The Morgan fingerprint density at radius 1 is 1.38 bits per heavy atom. The molecule has 1 amide bonds. The Labute approximate surface area is 141 Å². The van der Waals surface area contributed by atoms with E-state index in [-0.39, 0.29) is 17.5 Å². The summed E-state index contributed by atoms with van der Waals surface area (Å²) < 4.78 is 13.3. The Balaban J connectivity index is 1.73. The molecule has 0 spiro atoms. The van der Waals surface area contributed by atoms with Crippen LogP contribution in [0.15, 0.2) is 43.0 Å². The van der Waals surface area contributed by atoms with Crippen LogP contribution in [-0.2, 0) is 0 Å². The lowest BCUT2D eigenvalue weighted by atomic mass is 9.94. The van der Waals surface area contributed by atoms with Gasteiger partial charge >= 0.3 is 0 Å². The number of hydrogen-bond acceptors (Lipinski definition) is 4. The van der Waals surface area contributed by atoms with Crippen molar-refractivity contribution in [1.82, 2.24) is 19.8 Å². The van der Waals surface area contributed by atoms with Crippen LogP contribution < -0.4 is 0 Å². The molecule has 0 saturated carbocycles. The number of nitrogens with zero attached hydrogens (tertiary/aromatic N) is 4. The fraction of sp³-hybridized carbons (Fsp3) is 0.389. The molecule has 3 rings (SSSR count). The summed E-state index contributed by atoms with van der Waals surface area (Å²) in [6.07, 6.45) is 7.16. The summed E-state index contributed by atoms with van der Waals surface area (Å²) >= 11 is 0. The van der Waals surface area contributed by atoms with Gasteiger partial charge in [-0.15, -0.1) is 0 Å². The molecule has 1 aliphatic rings. The summed E-state index contributed by atoms with van der Waals surface area (Å²) in [6, 6.07) is 5.47. The van der Waals surface area contributed by atoms with Crippen molar-refractivity contribution in [3.05, 3.63) is 59.9 Å². The molecule has 2 aromatic rings. The number of carbonyl (C=O) groups excluding carboxylic acids is 1. The summed E-state index contributed by atoms with van der Waals surface area (Å²) in [4.78, 5) is 24.4. The average molecular weight is 328 g/mol. The third kappa shape index (κ3) is 3.43. The van der Waals surface area contributed by atoms with Gasteiger partial charge in [0.05, 0.1) is 11.8 Å². The summed E-state index contributed by atoms with van der Waals surface area (Å²) in [6.45, 7) is 1.59. The quantitative estimate of drug-likeness (QED) is 0.865. The van der Waals surface area contributed by atoms with Crippen LogP contribution in [-0.4, -0.2) is 52.9 Å². The van der Waals surface area contributed by atoms with E-state index >= 15 is 0 Å². The first-order valence-electron chi connectivity index (χ1n) is 8.02. The van der Waals surface area contributed by atoms with Crippen LogP contribution in [0, 0.1) is 11.7 Å². The minimum Gasteiger partial charge on any atom is -0.341 e. The first-order chi connectivity index (χ1) is 11.6. The monoisotopic (exact) mass is 328 g/mol. The standard InChI is InChI=1S/C18H21FN4O/c1-22-7-5-14(17(22)13-4-3-6-20-9-13)12-23(2)18(24)15-8-16(19)11-21-10-15/h3-4,6,8-11,14,17H,5,7,12H2,1-2H3/t14-,17-/m0/s1. The van der Waals surface area contributed by atoms with Crippen LogP contribution in [0.4, 0.5) is 4.39 Å². The molecule has 0 aliphatic carbocycles. The minimum atomic E-state index is -0.497. The lowest BCUT2D eigenvalue weighted by molar-refractivity contribution is 0.0760. The van der Waals surface area contributed by atoms with Crippen LogP contribution in [0.3, 0.4) is 0 Å². The topological polar surface area (TPSA) is 49.3 Å². The second-order valence-corrected chi connectivity index (χ2v) is 6.34. The maximum absolute atomic E-state index is 13.3. The van der Waals surface area contributed by atoms with Gasteiger partial charge in [-0.05, 0) is 43.6 Å². The predicted molar refractivity (Wildman–Crippen MR) is 88.9 cm³/mol. The average Bonchev–Trinajstić information content (AvgIpc) is 2.95. The Morgan fingerprint density at radius 3 is 2.92 bits per heavy atom. The van der Waals surface area contributed by atoms with Crippen molar-refractivity contribution in [1.29, 1.82) is 0 Å². The molecule has 0 N–H and O–H groups in total. The van der Waals surface area contributed by atoms with Crippen molar-refractivity contribution in [3.63, 3.8) is 0 Å². The Hall–Kier alpha value is -2.34. The maximum Gasteiger partial charge on any atom is 0.255 e. The molecule has 3 heterocycles. The fourth-order valence-corrected chi connectivity index (χ4v) is 3.48. The Kier molecular flexibility index (Phi) is 4.85. The smallest absolute Gasteiger partial charge is 0.255 e. The van der Waals surface area contributed by atoms with Gasteiger partial charge in [-0.25, -0.2) is 4.39 Å². The SMILES string of the molecule is CN(C[C@@H]1CCN(C)[C@H]1c1cccnc1)C(=O)c1cncc(F)c1. The van der Waals surface area contributed by atoms with E-state index in [0.717, 1.165) is 24.7 Å². The van der Waals surface area contributed by atoms with Crippen molar-refractivity contribution >= 4 is 5.91 Å². The highest BCUT2D eigenvalue weighted by Gasteiger charge is 2.34. The van der Waals surface area contributed by atoms with E-state index in [2.05, 4.69) is 28.0 Å². The molecule has 2 atom stereocenters. The number of likely N-dealkylation sites (tertiary alicyclic amines) is 1. The molecule has 5 nitrogen and oxygen atoms in total. The highest BCUT2D eigenvalue weighted by Crippen LogP contribution is 2.36. The highest BCUT2D eigenvalue weighted by molar-refractivity contribution is 5.93. The molecule has 0 radical (unpaired) electrons. The molecule has 1 fully saturated rings. The second-order valence-electron chi connectivity index (χ2n) is 6.34. The first-order valence-corrected chi connectivity index (χ1v) is 8.02. The largest absolute Gasteiger partial charge is 0.341 e. The third-order valence-electron chi connectivity index (χ3n) is 4.61. The van der Waals surface area contributed by atoms with Crippen LogP contribution in [0.1, 0.15) is 28.4 Å². The van der Waals surface area contributed by atoms with E-state index in [1.165, 1.54) is 12.3 Å². The molecular weight excluding hydrogens is 307 g/mol. The maximum atomic E-state index is 13.3. The van der Waals surface area contributed by atoms with Crippen molar-refractivity contribution < 1.29 is 9.18 Å². The van der Waals surface area contributed by atoms with Crippen LogP contribution in [0.25, 0.3) is 0 Å². The van der Waals surface area contributed by atoms with Gasteiger partial charge in [0.25, 0.3) is 5.91 Å². The number of hydrogen-bond donors (Lipinski definition) is 0. The van der Waals surface area contributed by atoms with E-state index in [1.807, 2.05) is 12.3 Å². The minimum absolute atomic E-state index is 0.207. The zero-order chi connectivity index (χ0) is 17.1. The van der Waals surface area contributed by atoms with E-state index in [4.69, 9.17) is 0 Å². The summed E-state index contributed by atoms with van der Waals surface area (Å²) in [5.74, 6) is -0.390. The predicted octanol–water partition coefficient (Wildman–Crippen LogP) is 2.38. The molecule has 126 valence electrons. The van der Waals surface area contributed by atoms with E-state index in [0.29, 0.717) is 12.5 Å². The summed E-state index contributed by atoms with van der Waals surface area (Å²) in [5, 5.41) is 0. The van der Waals surface area contributed by atoms with Gasteiger partial charge < -0.3 is 4.90 Å². The molecule has 24 heavy (non-hydrogen) atoms. The molecule has 0 unspecified atom stereocenters. The summed E-state index contributed by atoms with van der Waals surface area (Å²) in [7, 11) is 3.85. The van der Waals surface area contributed by atoms with Crippen molar-refractivity contribution in [2.45, 2.75) is 12.5 Å². The molecule has 0 bridgehead atoms.